The summed E-state index contributed by atoms with van der Waals surface area (Å²) in [6.07, 6.45) is 0. The molecule has 1 aromatic carbocycles. The van der Waals surface area contributed by atoms with E-state index in [0.29, 0.717) is 5.56 Å². The highest BCUT2D eigenvalue weighted by atomic mass is 16.6. The molecule has 0 saturated carbocycles. The highest BCUT2D eigenvalue weighted by Crippen LogP contribution is 2.32. The maximum absolute atomic E-state index is 11.1. The number of aryl methyl sites for hydroxylation is 2. The van der Waals surface area contributed by atoms with Crippen LogP contribution < -0.4 is 10.1 Å². The third kappa shape index (κ3) is 4.71. The summed E-state index contributed by atoms with van der Waals surface area (Å²) >= 11 is 0. The largest absolute Gasteiger partial charge is 0.484 e. The van der Waals surface area contributed by atoms with Gasteiger partial charge in [-0.1, -0.05) is 19.9 Å². The summed E-state index contributed by atoms with van der Waals surface area (Å²) < 4.78 is 5.42. The number of hydrogen-bond donors (Lipinski definition) is 2. The van der Waals surface area contributed by atoms with Crippen molar-refractivity contribution in [2.75, 3.05) is 6.61 Å². The standard InChI is InChI=1S/C14H20N2O5/c1-8(2)15-11(14(17)18)7-21-13-10(4)5-9(3)6-12(13)16(19)20/h5-6,8,11,15H,7H2,1-4H3,(H,17,18). The lowest BCUT2D eigenvalue weighted by Gasteiger charge is -2.18. The van der Waals surface area contributed by atoms with E-state index in [1.54, 1.807) is 19.9 Å². The van der Waals surface area contributed by atoms with Crippen molar-refractivity contribution in [1.29, 1.82) is 0 Å². The third-order valence-corrected chi connectivity index (χ3v) is 2.82. The van der Waals surface area contributed by atoms with Gasteiger partial charge in [0.1, 0.15) is 12.6 Å². The third-order valence-electron chi connectivity index (χ3n) is 2.82. The van der Waals surface area contributed by atoms with E-state index in [1.807, 2.05) is 13.8 Å². The molecule has 0 aromatic heterocycles. The van der Waals surface area contributed by atoms with Crippen LogP contribution in [-0.2, 0) is 4.79 Å². The number of carboxylic acids is 1. The van der Waals surface area contributed by atoms with Crippen molar-refractivity contribution < 1.29 is 19.6 Å². The monoisotopic (exact) mass is 296 g/mol. The van der Waals surface area contributed by atoms with Crippen LogP contribution in [0.3, 0.4) is 0 Å². The Morgan fingerprint density at radius 2 is 2.05 bits per heavy atom. The molecular weight excluding hydrogens is 276 g/mol. The van der Waals surface area contributed by atoms with E-state index in [2.05, 4.69) is 5.32 Å². The van der Waals surface area contributed by atoms with Gasteiger partial charge >= 0.3 is 11.7 Å². The Morgan fingerprint density at radius 1 is 1.43 bits per heavy atom. The maximum Gasteiger partial charge on any atom is 0.324 e. The van der Waals surface area contributed by atoms with Gasteiger partial charge in [0.2, 0.25) is 0 Å². The molecule has 0 aliphatic rings. The number of aliphatic carboxylic acids is 1. The Balaban J connectivity index is 2.96. The fraction of sp³-hybridized carbons (Fsp3) is 0.500. The SMILES string of the molecule is Cc1cc(C)c(OCC(NC(C)C)C(=O)O)c([N+](=O)[O-])c1. The molecule has 2 N–H and O–H groups in total. The minimum Gasteiger partial charge on any atom is -0.484 e. The summed E-state index contributed by atoms with van der Waals surface area (Å²) in [4.78, 5) is 21.7. The molecule has 0 radical (unpaired) electrons. The molecule has 1 aromatic rings. The van der Waals surface area contributed by atoms with E-state index < -0.39 is 16.9 Å². The number of nitro benzene ring substituents is 1. The van der Waals surface area contributed by atoms with Crippen LogP contribution >= 0.6 is 0 Å². The van der Waals surface area contributed by atoms with E-state index in [1.165, 1.54) is 6.07 Å². The summed E-state index contributed by atoms with van der Waals surface area (Å²) in [6.45, 7) is 6.90. The molecule has 0 amide bonds. The van der Waals surface area contributed by atoms with Gasteiger partial charge in [-0.3, -0.25) is 20.2 Å². The van der Waals surface area contributed by atoms with Crippen molar-refractivity contribution >= 4 is 11.7 Å². The quantitative estimate of drug-likeness (QED) is 0.589. The van der Waals surface area contributed by atoms with E-state index >= 15 is 0 Å². The molecule has 0 fully saturated rings. The average molecular weight is 296 g/mol. The van der Waals surface area contributed by atoms with Gasteiger partial charge in [-0.15, -0.1) is 0 Å². The number of carboxylic acid groups (broad SMARTS) is 1. The predicted octanol–water partition coefficient (Wildman–Crippen LogP) is 2.04. The number of nitrogens with one attached hydrogen (secondary N) is 1. The van der Waals surface area contributed by atoms with Crippen LogP contribution in [0.4, 0.5) is 5.69 Å². The minimum absolute atomic E-state index is 0.0381. The summed E-state index contributed by atoms with van der Waals surface area (Å²) in [5, 5.41) is 23.0. The van der Waals surface area contributed by atoms with Gasteiger partial charge in [-0.05, 0) is 25.0 Å². The molecular formula is C14H20N2O5. The van der Waals surface area contributed by atoms with E-state index in [-0.39, 0.29) is 24.1 Å². The molecule has 1 atom stereocenters. The van der Waals surface area contributed by atoms with E-state index in [0.717, 1.165) is 5.56 Å². The zero-order valence-corrected chi connectivity index (χ0v) is 12.5. The summed E-state index contributed by atoms with van der Waals surface area (Å²) in [5.41, 5.74) is 1.21. The van der Waals surface area contributed by atoms with Gasteiger partial charge in [0.25, 0.3) is 0 Å². The van der Waals surface area contributed by atoms with Crippen LogP contribution in [0, 0.1) is 24.0 Å². The lowest BCUT2D eigenvalue weighted by atomic mass is 10.1. The smallest absolute Gasteiger partial charge is 0.324 e. The van der Waals surface area contributed by atoms with Gasteiger partial charge in [0, 0.05) is 12.1 Å². The number of rotatable bonds is 7. The molecule has 0 bridgehead atoms. The van der Waals surface area contributed by atoms with E-state index in [9.17, 15) is 14.9 Å². The second kappa shape index (κ2) is 7.03. The molecule has 7 heteroatoms. The van der Waals surface area contributed by atoms with Crippen molar-refractivity contribution in [2.45, 2.75) is 39.8 Å². The van der Waals surface area contributed by atoms with Crippen LogP contribution in [0.25, 0.3) is 0 Å². The Morgan fingerprint density at radius 3 is 2.52 bits per heavy atom. The summed E-state index contributed by atoms with van der Waals surface area (Å²) in [6, 6.07) is 2.20. The first-order valence-corrected chi connectivity index (χ1v) is 6.59. The van der Waals surface area contributed by atoms with Crippen molar-refractivity contribution in [3.63, 3.8) is 0 Å². The number of hydrogen-bond acceptors (Lipinski definition) is 5. The molecule has 21 heavy (non-hydrogen) atoms. The molecule has 0 spiro atoms. The van der Waals surface area contributed by atoms with Crippen molar-refractivity contribution in [3.05, 3.63) is 33.4 Å². The first-order valence-electron chi connectivity index (χ1n) is 6.59. The second-order valence-corrected chi connectivity index (χ2v) is 5.21. The number of ether oxygens (including phenoxy) is 1. The van der Waals surface area contributed by atoms with Gasteiger partial charge in [-0.25, -0.2) is 0 Å². The Labute approximate surface area is 123 Å². The topological polar surface area (TPSA) is 102 Å². The molecule has 116 valence electrons. The fourth-order valence-electron chi connectivity index (χ4n) is 2.02. The fourth-order valence-corrected chi connectivity index (χ4v) is 2.02. The minimum atomic E-state index is -1.06. The normalized spacial score (nSPS) is 12.2. The molecule has 0 heterocycles. The molecule has 0 saturated heterocycles. The predicted molar refractivity (Wildman–Crippen MR) is 77.8 cm³/mol. The van der Waals surface area contributed by atoms with Gasteiger partial charge in [-0.2, -0.15) is 0 Å². The van der Waals surface area contributed by atoms with Crippen molar-refractivity contribution in [1.82, 2.24) is 5.32 Å². The van der Waals surface area contributed by atoms with Gasteiger partial charge in [0.15, 0.2) is 5.75 Å². The van der Waals surface area contributed by atoms with E-state index in [4.69, 9.17) is 9.84 Å². The summed E-state index contributed by atoms with van der Waals surface area (Å²) in [5.74, 6) is -0.946. The lowest BCUT2D eigenvalue weighted by Crippen LogP contribution is -2.44. The Kier molecular flexibility index (Phi) is 5.66. The van der Waals surface area contributed by atoms with Crippen LogP contribution in [0.1, 0.15) is 25.0 Å². The van der Waals surface area contributed by atoms with Crippen LogP contribution in [0.15, 0.2) is 12.1 Å². The van der Waals surface area contributed by atoms with Crippen molar-refractivity contribution in [3.8, 4) is 5.75 Å². The lowest BCUT2D eigenvalue weighted by molar-refractivity contribution is -0.386. The molecule has 0 aliphatic carbocycles. The summed E-state index contributed by atoms with van der Waals surface area (Å²) in [7, 11) is 0. The van der Waals surface area contributed by atoms with Gasteiger partial charge in [0.05, 0.1) is 4.92 Å². The molecule has 0 aliphatic heterocycles. The first kappa shape index (κ1) is 16.9. The first-order chi connectivity index (χ1) is 9.72. The maximum atomic E-state index is 11.1. The Hall–Kier alpha value is -2.15. The zero-order chi connectivity index (χ0) is 16.2. The number of benzene rings is 1. The highest BCUT2D eigenvalue weighted by molar-refractivity contribution is 5.73. The van der Waals surface area contributed by atoms with Crippen LogP contribution in [0.2, 0.25) is 0 Å². The second-order valence-electron chi connectivity index (χ2n) is 5.21. The molecule has 1 rings (SSSR count). The molecule has 7 nitrogen and oxygen atoms in total. The Bertz CT molecular complexity index is 542. The number of nitrogens with zero attached hydrogens (tertiary/aromatic N) is 1. The number of nitro groups is 1. The highest BCUT2D eigenvalue weighted by Gasteiger charge is 2.23. The average Bonchev–Trinajstić information content (AvgIpc) is 2.34. The van der Waals surface area contributed by atoms with Crippen LogP contribution in [-0.4, -0.2) is 34.7 Å². The number of carbonyl (C=O) groups is 1. The van der Waals surface area contributed by atoms with Crippen molar-refractivity contribution in [2.24, 2.45) is 0 Å². The van der Waals surface area contributed by atoms with Crippen LogP contribution in [0.5, 0.6) is 5.75 Å². The zero-order valence-electron chi connectivity index (χ0n) is 12.5. The van der Waals surface area contributed by atoms with Gasteiger partial charge < -0.3 is 9.84 Å². The molecule has 1 unspecified atom stereocenters.